The Morgan fingerprint density at radius 3 is 2.23 bits per heavy atom. The molecule has 0 N–H and O–H groups in total. The first-order valence-electron chi connectivity index (χ1n) is 9.22. The zero-order valence-corrected chi connectivity index (χ0v) is 18.3. The highest BCUT2D eigenvalue weighted by molar-refractivity contribution is 7.91. The number of halogens is 1. The number of alkyl halides is 1. The molecule has 0 radical (unpaired) electrons. The van der Waals surface area contributed by atoms with Gasteiger partial charge in [0, 0.05) is 6.07 Å². The van der Waals surface area contributed by atoms with Crippen LogP contribution in [0, 0.1) is 0 Å². The summed E-state index contributed by atoms with van der Waals surface area (Å²) in [5.41, 5.74) is 0.984. The van der Waals surface area contributed by atoms with Crippen molar-refractivity contribution in [3.8, 4) is 17.2 Å². The van der Waals surface area contributed by atoms with Crippen LogP contribution in [0.2, 0.25) is 0 Å². The molecule has 0 bridgehead atoms. The zero-order valence-electron chi connectivity index (χ0n) is 17.5. The fourth-order valence-electron chi connectivity index (χ4n) is 3.01. The number of methoxy groups -OCH3 is 2. The second-order valence-corrected chi connectivity index (χ2v) is 9.57. The molecule has 0 aliphatic heterocycles. The molecular weight excluding hydrogens is 409 g/mol. The highest BCUT2D eigenvalue weighted by Gasteiger charge is 2.29. The van der Waals surface area contributed by atoms with Gasteiger partial charge in [-0.1, -0.05) is 38.1 Å². The Kier molecular flexibility index (Phi) is 5.85. The highest BCUT2D eigenvalue weighted by Crippen LogP contribution is 2.32. The lowest BCUT2D eigenvalue weighted by Crippen LogP contribution is -2.12. The van der Waals surface area contributed by atoms with Gasteiger partial charge in [-0.15, -0.1) is 5.10 Å². The van der Waals surface area contributed by atoms with Crippen molar-refractivity contribution in [2.45, 2.75) is 42.8 Å². The normalized spacial score (nSPS) is 12.1. The molecule has 30 heavy (non-hydrogen) atoms. The number of hydrogen-bond acceptors (Lipinski definition) is 6. The molecule has 0 spiro atoms. The van der Waals surface area contributed by atoms with Gasteiger partial charge in [-0.05, 0) is 35.2 Å². The van der Waals surface area contributed by atoms with Gasteiger partial charge >= 0.3 is 0 Å². The van der Waals surface area contributed by atoms with Gasteiger partial charge in [0.25, 0.3) is 0 Å². The van der Waals surface area contributed by atoms with Gasteiger partial charge in [0.2, 0.25) is 14.9 Å². The van der Waals surface area contributed by atoms with Crippen LogP contribution < -0.4 is 9.47 Å². The van der Waals surface area contributed by atoms with E-state index < -0.39 is 21.5 Å². The number of ether oxygens (including phenoxy) is 2. The lowest BCUT2D eigenvalue weighted by atomic mass is 9.87. The summed E-state index contributed by atoms with van der Waals surface area (Å²) in [5, 5.41) is 7.27. The lowest BCUT2D eigenvalue weighted by molar-refractivity contribution is 0.398. The molecule has 9 heteroatoms. The van der Waals surface area contributed by atoms with Crippen LogP contribution in [-0.2, 0) is 21.9 Å². The van der Waals surface area contributed by atoms with Crippen LogP contribution in [0.4, 0.5) is 4.39 Å². The van der Waals surface area contributed by atoms with Gasteiger partial charge in [0.05, 0.1) is 19.1 Å². The summed E-state index contributed by atoms with van der Waals surface area (Å²) in [6.45, 7) is 5.02. The quantitative estimate of drug-likeness (QED) is 0.587. The standard InChI is InChI=1S/C21H24FN3O4S/c1-21(2,3)14-6-9-16(10-7-14)30(26,27)20-18(13-22)25(24-23-20)17-12-15(28-4)8-11-19(17)29-5/h6-12H,13H2,1-5H3. The number of aromatic nitrogens is 3. The molecule has 0 aliphatic carbocycles. The third-order valence-corrected chi connectivity index (χ3v) is 6.47. The Hall–Kier alpha value is -2.94. The molecule has 1 aromatic heterocycles. The highest BCUT2D eigenvalue weighted by atomic mass is 32.2. The van der Waals surface area contributed by atoms with Crippen molar-refractivity contribution < 1.29 is 22.3 Å². The van der Waals surface area contributed by atoms with E-state index in [-0.39, 0.29) is 16.0 Å². The van der Waals surface area contributed by atoms with Crippen LogP contribution in [-0.4, -0.2) is 37.6 Å². The molecule has 160 valence electrons. The first-order chi connectivity index (χ1) is 14.1. The van der Waals surface area contributed by atoms with Gasteiger partial charge in [-0.25, -0.2) is 17.5 Å². The van der Waals surface area contributed by atoms with E-state index in [1.54, 1.807) is 30.3 Å². The van der Waals surface area contributed by atoms with Crippen LogP contribution in [0.5, 0.6) is 11.5 Å². The molecule has 7 nitrogen and oxygen atoms in total. The molecule has 3 aromatic rings. The third-order valence-electron chi connectivity index (χ3n) is 4.75. The van der Waals surface area contributed by atoms with Crippen LogP contribution in [0.25, 0.3) is 5.69 Å². The van der Waals surface area contributed by atoms with Crippen LogP contribution in [0.3, 0.4) is 0 Å². The second-order valence-electron chi connectivity index (χ2n) is 7.70. The molecule has 0 aliphatic rings. The average Bonchev–Trinajstić information content (AvgIpc) is 3.17. The minimum Gasteiger partial charge on any atom is -0.497 e. The third kappa shape index (κ3) is 3.89. The minimum atomic E-state index is -4.07. The van der Waals surface area contributed by atoms with E-state index in [0.717, 1.165) is 10.2 Å². The van der Waals surface area contributed by atoms with Gasteiger partial charge in [0.15, 0.2) is 0 Å². The number of benzene rings is 2. The van der Waals surface area contributed by atoms with Crippen molar-refractivity contribution in [3.05, 3.63) is 53.7 Å². The monoisotopic (exact) mass is 433 g/mol. The smallest absolute Gasteiger partial charge is 0.227 e. The van der Waals surface area contributed by atoms with Crippen molar-refractivity contribution in [2.24, 2.45) is 0 Å². The zero-order chi connectivity index (χ0) is 22.1. The Morgan fingerprint density at radius 1 is 1.03 bits per heavy atom. The first-order valence-corrected chi connectivity index (χ1v) is 10.7. The fourth-order valence-corrected chi connectivity index (χ4v) is 4.32. The fraction of sp³-hybridized carbons (Fsp3) is 0.333. The van der Waals surface area contributed by atoms with Crippen molar-refractivity contribution in [2.75, 3.05) is 14.2 Å². The molecule has 0 unspecified atom stereocenters. The SMILES string of the molecule is COc1ccc(OC)c(-n2nnc(S(=O)(=O)c3ccc(C(C)(C)C)cc3)c2CF)c1. The summed E-state index contributed by atoms with van der Waals surface area (Å²) < 4.78 is 52.0. The van der Waals surface area contributed by atoms with E-state index in [9.17, 15) is 12.8 Å². The molecule has 1 heterocycles. The summed E-state index contributed by atoms with van der Waals surface area (Å²) in [4.78, 5) is 0.0230. The Labute approximate surface area is 175 Å². The number of nitrogens with zero attached hydrogens (tertiary/aromatic N) is 3. The lowest BCUT2D eigenvalue weighted by Gasteiger charge is -2.19. The average molecular weight is 434 g/mol. The molecule has 2 aromatic carbocycles. The molecule has 0 atom stereocenters. The molecule has 0 saturated heterocycles. The number of hydrogen-bond donors (Lipinski definition) is 0. The van der Waals surface area contributed by atoms with E-state index in [1.807, 2.05) is 20.8 Å². The Morgan fingerprint density at radius 2 is 1.70 bits per heavy atom. The summed E-state index contributed by atoms with van der Waals surface area (Å²) >= 11 is 0. The van der Waals surface area contributed by atoms with Crippen LogP contribution in [0.15, 0.2) is 52.4 Å². The van der Waals surface area contributed by atoms with E-state index in [4.69, 9.17) is 9.47 Å². The largest absolute Gasteiger partial charge is 0.497 e. The van der Waals surface area contributed by atoms with E-state index in [1.165, 1.54) is 26.4 Å². The minimum absolute atomic E-state index is 0.0230. The van der Waals surface area contributed by atoms with Gasteiger partial charge in [-0.2, -0.15) is 0 Å². The van der Waals surface area contributed by atoms with E-state index >= 15 is 0 Å². The summed E-state index contributed by atoms with van der Waals surface area (Å²) in [6.07, 6.45) is 0. The van der Waals surface area contributed by atoms with Crippen LogP contribution in [0.1, 0.15) is 32.0 Å². The molecule has 0 saturated carbocycles. The van der Waals surface area contributed by atoms with Gasteiger partial charge in [0.1, 0.15) is 29.6 Å². The van der Waals surface area contributed by atoms with E-state index in [0.29, 0.717) is 17.2 Å². The molecule has 0 fully saturated rings. The predicted octanol–water partition coefficient (Wildman–Crippen LogP) is 3.88. The van der Waals surface area contributed by atoms with Crippen LogP contribution >= 0.6 is 0 Å². The number of rotatable bonds is 6. The summed E-state index contributed by atoms with van der Waals surface area (Å²) in [7, 11) is -1.14. The maximum Gasteiger partial charge on any atom is 0.227 e. The summed E-state index contributed by atoms with van der Waals surface area (Å²) in [5.74, 6) is 0.849. The second kappa shape index (κ2) is 8.06. The predicted molar refractivity (Wildman–Crippen MR) is 110 cm³/mol. The summed E-state index contributed by atoms with van der Waals surface area (Å²) in [6, 6.07) is 11.4. The van der Waals surface area contributed by atoms with Crippen molar-refractivity contribution >= 4 is 9.84 Å². The molecular formula is C21H24FN3O4S. The molecule has 3 rings (SSSR count). The Balaban J connectivity index is 2.12. The van der Waals surface area contributed by atoms with Crippen molar-refractivity contribution in [1.82, 2.24) is 15.0 Å². The van der Waals surface area contributed by atoms with Crippen molar-refractivity contribution in [1.29, 1.82) is 0 Å². The molecule has 0 amide bonds. The topological polar surface area (TPSA) is 83.3 Å². The van der Waals surface area contributed by atoms with Gasteiger partial charge < -0.3 is 9.47 Å². The first kappa shape index (κ1) is 21.8. The van der Waals surface area contributed by atoms with Crippen molar-refractivity contribution in [3.63, 3.8) is 0 Å². The number of sulfone groups is 1. The maximum absolute atomic E-state index is 14.0. The van der Waals surface area contributed by atoms with Gasteiger partial charge in [-0.3, -0.25) is 0 Å². The Bertz CT molecular complexity index is 1150. The maximum atomic E-state index is 14.0. The van der Waals surface area contributed by atoms with E-state index in [2.05, 4.69) is 10.3 Å².